The number of aryl methyl sites for hydroxylation is 1. The van der Waals surface area contributed by atoms with Gasteiger partial charge in [-0.15, -0.1) is 0 Å². The number of ether oxygens (including phenoxy) is 1. The molecule has 0 saturated heterocycles. The first-order valence-corrected chi connectivity index (χ1v) is 3.59. The van der Waals surface area contributed by atoms with Crippen LogP contribution in [-0.4, -0.2) is 22.8 Å². The van der Waals surface area contributed by atoms with E-state index in [0.717, 1.165) is 5.56 Å². The van der Waals surface area contributed by atoms with E-state index in [2.05, 4.69) is 10.4 Å². The Morgan fingerprint density at radius 3 is 3.17 bits per heavy atom. The van der Waals surface area contributed by atoms with E-state index in [1.807, 2.05) is 0 Å². The molecular weight excluding hydrogens is 158 g/mol. The predicted octanol–water partition coefficient (Wildman–Crippen LogP) is -0.192. The van der Waals surface area contributed by atoms with Gasteiger partial charge in [0.2, 0.25) is 0 Å². The van der Waals surface area contributed by atoms with Gasteiger partial charge in [-0.05, 0) is 0 Å². The molecule has 0 spiro atoms. The minimum Gasteiger partial charge on any atom is -0.357 e. The van der Waals surface area contributed by atoms with E-state index in [-0.39, 0.29) is 12.1 Å². The number of hydrogen-bond acceptors (Lipinski definition) is 3. The zero-order chi connectivity index (χ0) is 8.72. The molecule has 2 rings (SSSR count). The maximum Gasteiger partial charge on any atom is 0.274 e. The van der Waals surface area contributed by atoms with Gasteiger partial charge >= 0.3 is 0 Å². The van der Waals surface area contributed by atoms with E-state index < -0.39 is 0 Å². The molecule has 1 aromatic rings. The van der Waals surface area contributed by atoms with Crippen molar-refractivity contribution in [3.05, 3.63) is 17.5 Å². The normalized spacial score (nSPS) is 20.8. The molecule has 64 valence electrons. The lowest BCUT2D eigenvalue weighted by Gasteiger charge is -2.06. The number of hydrogen-bond donors (Lipinski definition) is 1. The number of carbonyl (C=O) groups excluding carboxylic acids is 1. The van der Waals surface area contributed by atoms with Gasteiger partial charge in [0.15, 0.2) is 11.9 Å². The molecule has 0 radical (unpaired) electrons. The summed E-state index contributed by atoms with van der Waals surface area (Å²) in [7, 11) is 3.32. The SMILES string of the molecule is COC1NC(=O)c2nn(C)cc21. The highest BCUT2D eigenvalue weighted by molar-refractivity contribution is 5.96. The largest absolute Gasteiger partial charge is 0.357 e. The Labute approximate surface area is 69.3 Å². The quantitative estimate of drug-likeness (QED) is 0.630. The Morgan fingerprint density at radius 1 is 1.75 bits per heavy atom. The van der Waals surface area contributed by atoms with Crippen molar-refractivity contribution in [1.82, 2.24) is 15.1 Å². The van der Waals surface area contributed by atoms with Crippen LogP contribution in [0.25, 0.3) is 0 Å². The fourth-order valence-electron chi connectivity index (χ4n) is 1.33. The second-order valence-electron chi connectivity index (χ2n) is 2.70. The van der Waals surface area contributed by atoms with Crippen LogP contribution in [0.15, 0.2) is 6.20 Å². The third kappa shape index (κ3) is 0.831. The van der Waals surface area contributed by atoms with Gasteiger partial charge in [0.25, 0.3) is 5.91 Å². The highest BCUT2D eigenvalue weighted by Crippen LogP contribution is 2.23. The van der Waals surface area contributed by atoms with E-state index in [4.69, 9.17) is 4.74 Å². The molecule has 5 heteroatoms. The summed E-state index contributed by atoms with van der Waals surface area (Å²) in [4.78, 5) is 11.2. The van der Waals surface area contributed by atoms with Crippen LogP contribution in [0.4, 0.5) is 0 Å². The van der Waals surface area contributed by atoms with Gasteiger partial charge in [-0.1, -0.05) is 0 Å². The van der Waals surface area contributed by atoms with E-state index in [9.17, 15) is 4.79 Å². The predicted molar refractivity (Wildman–Crippen MR) is 40.4 cm³/mol. The van der Waals surface area contributed by atoms with Gasteiger partial charge < -0.3 is 10.1 Å². The second-order valence-corrected chi connectivity index (χ2v) is 2.70. The molecule has 1 atom stereocenters. The summed E-state index contributed by atoms with van der Waals surface area (Å²) in [6.45, 7) is 0. The fraction of sp³-hybridized carbons (Fsp3) is 0.429. The van der Waals surface area contributed by atoms with Crippen molar-refractivity contribution in [1.29, 1.82) is 0 Å². The van der Waals surface area contributed by atoms with Crippen molar-refractivity contribution >= 4 is 5.91 Å². The smallest absolute Gasteiger partial charge is 0.274 e. The van der Waals surface area contributed by atoms with Crippen LogP contribution in [0, 0.1) is 0 Å². The van der Waals surface area contributed by atoms with Crippen LogP contribution in [0.1, 0.15) is 22.3 Å². The molecule has 0 aliphatic carbocycles. The van der Waals surface area contributed by atoms with Crippen LogP contribution in [0.3, 0.4) is 0 Å². The summed E-state index contributed by atoms with van der Waals surface area (Å²) in [5.41, 5.74) is 1.27. The molecule has 1 amide bonds. The van der Waals surface area contributed by atoms with Gasteiger partial charge in [0.05, 0.1) is 5.56 Å². The lowest BCUT2D eigenvalue weighted by Crippen LogP contribution is -2.21. The average molecular weight is 167 g/mol. The highest BCUT2D eigenvalue weighted by atomic mass is 16.5. The number of nitrogens with zero attached hydrogens (tertiary/aromatic N) is 2. The molecule has 2 heterocycles. The van der Waals surface area contributed by atoms with Crippen LogP contribution in [0.2, 0.25) is 0 Å². The molecule has 0 aromatic carbocycles. The molecular formula is C7H9N3O2. The van der Waals surface area contributed by atoms with E-state index >= 15 is 0 Å². The molecule has 0 saturated carbocycles. The zero-order valence-electron chi connectivity index (χ0n) is 6.87. The van der Waals surface area contributed by atoms with Gasteiger partial charge in [-0.25, -0.2) is 0 Å². The Kier molecular flexibility index (Phi) is 1.41. The summed E-state index contributed by atoms with van der Waals surface area (Å²) >= 11 is 0. The number of aromatic nitrogens is 2. The first kappa shape index (κ1) is 7.30. The van der Waals surface area contributed by atoms with Gasteiger partial charge in [0.1, 0.15) is 0 Å². The number of amides is 1. The molecule has 0 fully saturated rings. The molecule has 5 nitrogen and oxygen atoms in total. The minimum absolute atomic E-state index is 0.169. The van der Waals surface area contributed by atoms with Crippen molar-refractivity contribution in [2.45, 2.75) is 6.23 Å². The van der Waals surface area contributed by atoms with Crippen LogP contribution in [0.5, 0.6) is 0 Å². The van der Waals surface area contributed by atoms with Crippen molar-refractivity contribution in [3.63, 3.8) is 0 Å². The summed E-state index contributed by atoms with van der Waals surface area (Å²) in [5, 5.41) is 6.63. The molecule has 1 aliphatic heterocycles. The molecule has 1 aromatic heterocycles. The standard InChI is InChI=1S/C7H9N3O2/c1-10-3-4-5(9-10)6(11)8-7(4)12-2/h3,7H,1-2H3,(H,8,11). The Morgan fingerprint density at radius 2 is 2.50 bits per heavy atom. The van der Waals surface area contributed by atoms with Crippen molar-refractivity contribution in [2.24, 2.45) is 7.05 Å². The molecule has 1 N–H and O–H groups in total. The summed E-state index contributed by atoms with van der Waals surface area (Å²) in [6.07, 6.45) is 1.45. The fourth-order valence-corrected chi connectivity index (χ4v) is 1.33. The highest BCUT2D eigenvalue weighted by Gasteiger charge is 2.31. The number of rotatable bonds is 1. The second kappa shape index (κ2) is 2.31. The molecule has 1 aliphatic rings. The Hall–Kier alpha value is -1.36. The molecule has 12 heavy (non-hydrogen) atoms. The van der Waals surface area contributed by atoms with E-state index in [0.29, 0.717) is 5.69 Å². The topological polar surface area (TPSA) is 56.1 Å². The van der Waals surface area contributed by atoms with Gasteiger partial charge in [0, 0.05) is 20.4 Å². The minimum atomic E-state index is -0.332. The monoisotopic (exact) mass is 167 g/mol. The number of methoxy groups -OCH3 is 1. The lowest BCUT2D eigenvalue weighted by molar-refractivity contribution is 0.0661. The van der Waals surface area contributed by atoms with Crippen LogP contribution >= 0.6 is 0 Å². The Bertz CT molecular complexity index is 331. The van der Waals surface area contributed by atoms with Crippen LogP contribution < -0.4 is 5.32 Å². The third-order valence-electron chi connectivity index (χ3n) is 1.85. The number of fused-ring (bicyclic) bond motifs is 1. The summed E-state index contributed by atoms with van der Waals surface area (Å²) in [5.74, 6) is -0.169. The average Bonchev–Trinajstić information content (AvgIpc) is 2.52. The Balaban J connectivity index is 2.48. The first-order chi connectivity index (χ1) is 5.72. The van der Waals surface area contributed by atoms with E-state index in [1.165, 1.54) is 0 Å². The number of carbonyl (C=O) groups is 1. The summed E-state index contributed by atoms with van der Waals surface area (Å²) < 4.78 is 6.64. The van der Waals surface area contributed by atoms with Crippen molar-refractivity contribution < 1.29 is 9.53 Å². The first-order valence-electron chi connectivity index (χ1n) is 3.59. The maximum absolute atomic E-state index is 11.2. The lowest BCUT2D eigenvalue weighted by atomic mass is 10.3. The van der Waals surface area contributed by atoms with Crippen molar-refractivity contribution in [2.75, 3.05) is 7.11 Å². The molecule has 0 bridgehead atoms. The van der Waals surface area contributed by atoms with Gasteiger partial charge in [-0.3, -0.25) is 9.48 Å². The van der Waals surface area contributed by atoms with Crippen molar-refractivity contribution in [3.8, 4) is 0 Å². The summed E-state index contributed by atoms with van der Waals surface area (Å²) in [6, 6.07) is 0. The maximum atomic E-state index is 11.2. The third-order valence-corrected chi connectivity index (χ3v) is 1.85. The number of nitrogens with one attached hydrogen (secondary N) is 1. The molecule has 1 unspecified atom stereocenters. The van der Waals surface area contributed by atoms with Crippen LogP contribution in [-0.2, 0) is 11.8 Å². The van der Waals surface area contributed by atoms with Gasteiger partial charge in [-0.2, -0.15) is 5.10 Å². The zero-order valence-corrected chi connectivity index (χ0v) is 6.87. The van der Waals surface area contributed by atoms with E-state index in [1.54, 1.807) is 25.0 Å².